The predicted molar refractivity (Wildman–Crippen MR) is 110 cm³/mol. The summed E-state index contributed by atoms with van der Waals surface area (Å²) in [5.74, 6) is 2.04. The topological polar surface area (TPSA) is 29.1 Å². The fourth-order valence-corrected chi connectivity index (χ4v) is 6.67. The lowest BCUT2D eigenvalue weighted by Crippen LogP contribution is -2.48. The number of nitrogens with one attached hydrogen (secondary N) is 1. The second-order valence-electron chi connectivity index (χ2n) is 9.20. The Bertz CT molecular complexity index is 852. The van der Waals surface area contributed by atoms with Crippen LogP contribution in [-0.4, -0.2) is 5.91 Å². The fraction of sp³-hybridized carbons (Fsp3) is 0.458. The molecule has 2 nitrogen and oxygen atoms in total. The summed E-state index contributed by atoms with van der Waals surface area (Å²) in [6.07, 6.45) is 8.23. The summed E-state index contributed by atoms with van der Waals surface area (Å²) in [6, 6.07) is 12.9. The number of halogens is 2. The molecule has 6 rings (SSSR count). The summed E-state index contributed by atoms with van der Waals surface area (Å²) >= 11 is 6.03. The van der Waals surface area contributed by atoms with E-state index in [9.17, 15) is 9.18 Å². The molecule has 4 fully saturated rings. The number of carbonyl (C=O) groups is 1. The Morgan fingerprint density at radius 3 is 2.18 bits per heavy atom. The van der Waals surface area contributed by atoms with E-state index >= 15 is 0 Å². The van der Waals surface area contributed by atoms with Crippen LogP contribution in [-0.2, 0) is 16.6 Å². The minimum Gasteiger partial charge on any atom is -0.326 e. The third-order valence-corrected chi connectivity index (χ3v) is 7.57. The number of hydrogen-bond donors (Lipinski definition) is 1. The Morgan fingerprint density at radius 2 is 1.61 bits per heavy atom. The molecule has 146 valence electrons. The molecule has 1 amide bonds. The van der Waals surface area contributed by atoms with Crippen molar-refractivity contribution in [2.75, 3.05) is 5.32 Å². The molecule has 0 atom stereocenters. The lowest BCUT2D eigenvalue weighted by atomic mass is 9.48. The van der Waals surface area contributed by atoms with Gasteiger partial charge in [0.25, 0.3) is 0 Å². The van der Waals surface area contributed by atoms with E-state index in [1.54, 1.807) is 12.1 Å². The van der Waals surface area contributed by atoms with Crippen LogP contribution in [0, 0.1) is 23.6 Å². The van der Waals surface area contributed by atoms with Crippen molar-refractivity contribution in [2.45, 2.75) is 50.4 Å². The number of anilines is 1. The largest absolute Gasteiger partial charge is 0.326 e. The third kappa shape index (κ3) is 3.24. The average molecular weight is 398 g/mol. The summed E-state index contributed by atoms with van der Waals surface area (Å²) in [4.78, 5) is 12.4. The number of amides is 1. The van der Waals surface area contributed by atoms with Gasteiger partial charge >= 0.3 is 0 Å². The van der Waals surface area contributed by atoms with Gasteiger partial charge in [0.05, 0.1) is 6.42 Å². The highest BCUT2D eigenvalue weighted by Crippen LogP contribution is 2.60. The molecule has 4 saturated carbocycles. The molecular weight excluding hydrogens is 373 g/mol. The number of rotatable bonds is 4. The fourth-order valence-electron chi connectivity index (χ4n) is 6.44. The molecule has 0 spiro atoms. The Labute approximate surface area is 170 Å². The first kappa shape index (κ1) is 18.2. The standard InChI is InChI=1S/C24H25ClFNO/c25-21-2-1-3-22(26)20(21)11-23(28)27-19-6-4-18(5-7-19)24-12-15-8-16(13-24)10-17(9-15)14-24/h1-7,15-17H,8-14H2,(H,27,28). The van der Waals surface area contributed by atoms with Crippen molar-refractivity contribution < 1.29 is 9.18 Å². The van der Waals surface area contributed by atoms with Crippen LogP contribution < -0.4 is 5.32 Å². The zero-order valence-electron chi connectivity index (χ0n) is 15.9. The van der Waals surface area contributed by atoms with Gasteiger partial charge in [0.1, 0.15) is 5.82 Å². The maximum absolute atomic E-state index is 13.9. The van der Waals surface area contributed by atoms with Gasteiger partial charge < -0.3 is 5.32 Å². The highest BCUT2D eigenvalue weighted by molar-refractivity contribution is 6.31. The van der Waals surface area contributed by atoms with Gasteiger partial charge in [-0.3, -0.25) is 4.79 Å². The maximum atomic E-state index is 13.9. The van der Waals surface area contributed by atoms with Crippen LogP contribution in [0.25, 0.3) is 0 Å². The Kier molecular flexibility index (Phi) is 4.46. The zero-order chi connectivity index (χ0) is 19.3. The van der Waals surface area contributed by atoms with Crippen molar-refractivity contribution >= 4 is 23.2 Å². The van der Waals surface area contributed by atoms with E-state index in [1.165, 1.54) is 50.2 Å². The number of benzene rings is 2. The first-order valence-electron chi connectivity index (χ1n) is 10.3. The van der Waals surface area contributed by atoms with Crippen LogP contribution in [0.15, 0.2) is 42.5 Å². The minimum absolute atomic E-state index is 0.0672. The van der Waals surface area contributed by atoms with E-state index in [-0.39, 0.29) is 22.9 Å². The molecule has 2 aromatic carbocycles. The van der Waals surface area contributed by atoms with Crippen molar-refractivity contribution in [3.63, 3.8) is 0 Å². The second kappa shape index (κ2) is 6.88. The van der Waals surface area contributed by atoms with Crippen LogP contribution in [0.5, 0.6) is 0 Å². The highest BCUT2D eigenvalue weighted by Gasteiger charge is 2.51. The van der Waals surface area contributed by atoms with Crippen LogP contribution in [0.2, 0.25) is 5.02 Å². The van der Waals surface area contributed by atoms with Gasteiger partial charge in [0.15, 0.2) is 0 Å². The van der Waals surface area contributed by atoms with Gasteiger partial charge in [-0.15, -0.1) is 0 Å². The summed E-state index contributed by atoms with van der Waals surface area (Å²) in [5, 5.41) is 3.17. The second-order valence-corrected chi connectivity index (χ2v) is 9.61. The molecule has 4 heteroatoms. The highest BCUT2D eigenvalue weighted by atomic mass is 35.5. The van der Waals surface area contributed by atoms with E-state index in [1.807, 2.05) is 12.1 Å². The van der Waals surface area contributed by atoms with Gasteiger partial charge in [0.2, 0.25) is 5.91 Å². The van der Waals surface area contributed by atoms with E-state index < -0.39 is 5.82 Å². The van der Waals surface area contributed by atoms with Crippen LogP contribution in [0.4, 0.5) is 10.1 Å². The van der Waals surface area contributed by atoms with E-state index in [4.69, 9.17) is 11.6 Å². The first-order valence-corrected chi connectivity index (χ1v) is 10.7. The molecule has 4 aliphatic carbocycles. The Hall–Kier alpha value is -1.87. The SMILES string of the molecule is O=C(Cc1c(F)cccc1Cl)Nc1ccc(C23CC4CC(CC(C4)C2)C3)cc1. The van der Waals surface area contributed by atoms with Crippen LogP contribution in [0.3, 0.4) is 0 Å². The molecule has 0 heterocycles. The lowest BCUT2D eigenvalue weighted by Gasteiger charge is -2.57. The third-order valence-electron chi connectivity index (χ3n) is 7.22. The molecule has 0 radical (unpaired) electrons. The van der Waals surface area contributed by atoms with Crippen molar-refractivity contribution in [3.05, 3.63) is 64.4 Å². The predicted octanol–water partition coefficient (Wildman–Crippen LogP) is 6.13. The molecule has 0 unspecified atom stereocenters. The molecule has 0 aliphatic heterocycles. The summed E-state index contributed by atoms with van der Waals surface area (Å²) in [6.45, 7) is 0. The van der Waals surface area contributed by atoms with Gasteiger partial charge in [-0.25, -0.2) is 4.39 Å². The van der Waals surface area contributed by atoms with E-state index in [2.05, 4.69) is 17.4 Å². The van der Waals surface area contributed by atoms with Crippen molar-refractivity contribution in [3.8, 4) is 0 Å². The van der Waals surface area contributed by atoms with E-state index in [0.717, 1.165) is 23.4 Å². The number of carbonyl (C=O) groups excluding carboxylic acids is 1. The zero-order valence-corrected chi connectivity index (χ0v) is 16.6. The molecule has 28 heavy (non-hydrogen) atoms. The summed E-state index contributed by atoms with van der Waals surface area (Å²) in [5.41, 5.74) is 2.79. The van der Waals surface area contributed by atoms with Crippen LogP contribution in [0.1, 0.15) is 49.7 Å². The van der Waals surface area contributed by atoms with Gasteiger partial charge in [0, 0.05) is 16.3 Å². The average Bonchev–Trinajstić information content (AvgIpc) is 2.64. The summed E-state index contributed by atoms with van der Waals surface area (Å²) in [7, 11) is 0. The normalized spacial score (nSPS) is 30.4. The Morgan fingerprint density at radius 1 is 1.00 bits per heavy atom. The monoisotopic (exact) mass is 397 g/mol. The van der Waals surface area contributed by atoms with Crippen molar-refractivity contribution in [2.24, 2.45) is 17.8 Å². The van der Waals surface area contributed by atoms with Gasteiger partial charge in [-0.05, 0) is 91.5 Å². The molecule has 0 saturated heterocycles. The number of hydrogen-bond acceptors (Lipinski definition) is 1. The van der Waals surface area contributed by atoms with Gasteiger partial charge in [-0.2, -0.15) is 0 Å². The molecule has 1 N–H and O–H groups in total. The lowest BCUT2D eigenvalue weighted by molar-refractivity contribution is -0.115. The van der Waals surface area contributed by atoms with Crippen molar-refractivity contribution in [1.82, 2.24) is 0 Å². The molecule has 4 bridgehead atoms. The smallest absolute Gasteiger partial charge is 0.228 e. The van der Waals surface area contributed by atoms with Gasteiger partial charge in [-0.1, -0.05) is 29.8 Å². The minimum atomic E-state index is -0.445. The molecular formula is C24H25ClFNO. The van der Waals surface area contributed by atoms with Crippen LogP contribution >= 0.6 is 11.6 Å². The maximum Gasteiger partial charge on any atom is 0.228 e. The molecule has 0 aromatic heterocycles. The molecule has 2 aromatic rings. The van der Waals surface area contributed by atoms with Crippen molar-refractivity contribution in [1.29, 1.82) is 0 Å². The molecule has 4 aliphatic rings. The Balaban J connectivity index is 1.29. The quantitative estimate of drug-likeness (QED) is 0.660. The summed E-state index contributed by atoms with van der Waals surface area (Å²) < 4.78 is 13.9. The first-order chi connectivity index (χ1) is 13.5. The van der Waals surface area contributed by atoms with E-state index in [0.29, 0.717) is 5.41 Å².